The fourth-order valence-electron chi connectivity index (χ4n) is 2.73. The number of halogens is 3. The first-order valence-corrected chi connectivity index (χ1v) is 11.6. The van der Waals surface area contributed by atoms with E-state index in [2.05, 4.69) is 5.32 Å². The highest BCUT2D eigenvalue weighted by molar-refractivity contribution is 7.99. The zero-order valence-corrected chi connectivity index (χ0v) is 19.3. The van der Waals surface area contributed by atoms with Crippen molar-refractivity contribution in [3.63, 3.8) is 0 Å². The van der Waals surface area contributed by atoms with Gasteiger partial charge in [0.2, 0.25) is 11.8 Å². The van der Waals surface area contributed by atoms with Crippen molar-refractivity contribution in [3.05, 3.63) is 69.5 Å². The number of nitrogens with zero attached hydrogens (tertiary/aromatic N) is 1. The molecule has 0 radical (unpaired) electrons. The van der Waals surface area contributed by atoms with E-state index in [1.807, 2.05) is 13.0 Å². The van der Waals surface area contributed by atoms with Crippen LogP contribution in [-0.2, 0) is 21.9 Å². The minimum atomic E-state index is -0.639. The normalized spacial score (nSPS) is 11.8. The van der Waals surface area contributed by atoms with Gasteiger partial charge >= 0.3 is 0 Å². The summed E-state index contributed by atoms with van der Waals surface area (Å²) in [5.41, 5.74) is 1.72. The van der Waals surface area contributed by atoms with Crippen molar-refractivity contribution < 1.29 is 14.0 Å². The Kier molecular flexibility index (Phi) is 9.95. The van der Waals surface area contributed by atoms with Gasteiger partial charge in [0, 0.05) is 18.8 Å². The summed E-state index contributed by atoms with van der Waals surface area (Å²) >= 11 is 13.4. The first kappa shape index (κ1) is 24.5. The Morgan fingerprint density at radius 1 is 1.10 bits per heavy atom. The molecular formula is C22H25Cl2FN2O2S. The van der Waals surface area contributed by atoms with Gasteiger partial charge in [-0.2, -0.15) is 0 Å². The smallest absolute Gasteiger partial charge is 0.242 e. The van der Waals surface area contributed by atoms with Crippen LogP contribution in [0.15, 0.2) is 42.5 Å². The molecule has 0 aliphatic heterocycles. The lowest BCUT2D eigenvalue weighted by molar-refractivity contribution is -0.138. The van der Waals surface area contributed by atoms with Crippen molar-refractivity contribution in [2.45, 2.75) is 38.6 Å². The van der Waals surface area contributed by atoms with Crippen LogP contribution in [-0.4, -0.2) is 35.1 Å². The molecule has 8 heteroatoms. The number of carbonyl (C=O) groups excluding carboxylic acids is 2. The minimum absolute atomic E-state index is 0.163. The molecule has 0 bridgehead atoms. The van der Waals surface area contributed by atoms with E-state index in [0.717, 1.165) is 17.5 Å². The second-order valence-electron chi connectivity index (χ2n) is 6.86. The second kappa shape index (κ2) is 12.2. The predicted molar refractivity (Wildman–Crippen MR) is 122 cm³/mol. The number of amides is 2. The first-order chi connectivity index (χ1) is 14.3. The second-order valence-corrected chi connectivity index (χ2v) is 8.66. The lowest BCUT2D eigenvalue weighted by Gasteiger charge is -2.28. The molecule has 1 atom stereocenters. The summed E-state index contributed by atoms with van der Waals surface area (Å²) in [6.45, 7) is 4.45. The van der Waals surface area contributed by atoms with Crippen molar-refractivity contribution in [1.29, 1.82) is 0 Å². The van der Waals surface area contributed by atoms with E-state index in [-0.39, 0.29) is 29.9 Å². The molecule has 0 aliphatic carbocycles. The first-order valence-electron chi connectivity index (χ1n) is 9.65. The van der Waals surface area contributed by atoms with Gasteiger partial charge in [0.25, 0.3) is 0 Å². The maximum absolute atomic E-state index is 13.2. The van der Waals surface area contributed by atoms with Gasteiger partial charge in [-0.3, -0.25) is 9.59 Å². The Hall–Kier alpha value is -1.76. The van der Waals surface area contributed by atoms with E-state index in [1.165, 1.54) is 28.8 Å². The van der Waals surface area contributed by atoms with Crippen LogP contribution in [0, 0.1) is 5.82 Å². The van der Waals surface area contributed by atoms with Gasteiger partial charge in [-0.05, 0) is 48.7 Å². The Morgan fingerprint density at radius 3 is 2.40 bits per heavy atom. The lowest BCUT2D eigenvalue weighted by atomic mass is 10.1. The Morgan fingerprint density at radius 2 is 1.77 bits per heavy atom. The van der Waals surface area contributed by atoms with Crippen LogP contribution in [0.3, 0.4) is 0 Å². The molecule has 4 nitrogen and oxygen atoms in total. The molecule has 30 heavy (non-hydrogen) atoms. The average molecular weight is 471 g/mol. The molecule has 1 N–H and O–H groups in total. The van der Waals surface area contributed by atoms with Crippen LogP contribution in [0.25, 0.3) is 0 Å². The largest absolute Gasteiger partial charge is 0.354 e. The van der Waals surface area contributed by atoms with E-state index in [0.29, 0.717) is 22.3 Å². The van der Waals surface area contributed by atoms with Crippen molar-refractivity contribution in [3.8, 4) is 0 Å². The van der Waals surface area contributed by atoms with Crippen molar-refractivity contribution in [2.75, 3.05) is 12.3 Å². The number of benzene rings is 2. The summed E-state index contributed by atoms with van der Waals surface area (Å²) in [7, 11) is 0. The molecule has 0 fully saturated rings. The average Bonchev–Trinajstić information content (AvgIpc) is 2.73. The Bertz CT molecular complexity index is 865. The SMILES string of the molecule is CCCNC(=O)[C@@H](C)N(Cc1ccc(F)cc1)C(=O)CSCc1ccc(Cl)c(Cl)c1. The van der Waals surface area contributed by atoms with Gasteiger partial charge in [-0.1, -0.05) is 48.3 Å². The molecule has 2 rings (SSSR count). The van der Waals surface area contributed by atoms with Crippen LogP contribution < -0.4 is 5.32 Å². The van der Waals surface area contributed by atoms with Gasteiger partial charge < -0.3 is 10.2 Å². The number of carbonyl (C=O) groups is 2. The Balaban J connectivity index is 2.05. The van der Waals surface area contributed by atoms with Crippen molar-refractivity contribution >= 4 is 46.8 Å². The summed E-state index contributed by atoms with van der Waals surface area (Å²) < 4.78 is 13.2. The molecule has 0 unspecified atom stereocenters. The van der Waals surface area contributed by atoms with Crippen LogP contribution in [0.1, 0.15) is 31.4 Å². The van der Waals surface area contributed by atoms with E-state index in [9.17, 15) is 14.0 Å². The minimum Gasteiger partial charge on any atom is -0.354 e. The molecule has 0 aliphatic rings. The molecule has 2 amide bonds. The third-order valence-electron chi connectivity index (χ3n) is 4.46. The van der Waals surface area contributed by atoms with E-state index >= 15 is 0 Å². The third kappa shape index (κ3) is 7.49. The molecule has 2 aromatic rings. The third-order valence-corrected chi connectivity index (χ3v) is 6.19. The Labute approximate surface area is 191 Å². The molecular weight excluding hydrogens is 446 g/mol. The molecule has 0 spiro atoms. The fraction of sp³-hybridized carbons (Fsp3) is 0.364. The topological polar surface area (TPSA) is 49.4 Å². The quantitative estimate of drug-likeness (QED) is 0.511. The highest BCUT2D eigenvalue weighted by atomic mass is 35.5. The number of nitrogens with one attached hydrogen (secondary N) is 1. The van der Waals surface area contributed by atoms with Gasteiger partial charge in [0.05, 0.1) is 15.8 Å². The van der Waals surface area contributed by atoms with E-state index in [4.69, 9.17) is 23.2 Å². The molecule has 0 saturated carbocycles. The summed E-state index contributed by atoms with van der Waals surface area (Å²) in [6, 6.07) is 10.7. The fourth-order valence-corrected chi connectivity index (χ4v) is 3.91. The standard InChI is InChI=1S/C22H25Cl2FN2O2S/c1-3-10-26-22(29)15(2)27(12-16-4-7-18(25)8-5-16)21(28)14-30-13-17-6-9-19(23)20(24)11-17/h4-9,11,15H,3,10,12-14H2,1-2H3,(H,26,29)/t15-/m1/s1. The number of thioether (sulfide) groups is 1. The molecule has 162 valence electrons. The predicted octanol–water partition coefficient (Wildman–Crippen LogP) is 5.31. The van der Waals surface area contributed by atoms with E-state index in [1.54, 1.807) is 31.2 Å². The number of hydrogen-bond donors (Lipinski definition) is 1. The molecule has 0 aromatic heterocycles. The molecule has 2 aromatic carbocycles. The highest BCUT2D eigenvalue weighted by Gasteiger charge is 2.25. The summed E-state index contributed by atoms with van der Waals surface area (Å²) in [6.07, 6.45) is 0.809. The number of rotatable bonds is 10. The summed E-state index contributed by atoms with van der Waals surface area (Å²) in [5, 5.41) is 3.79. The highest BCUT2D eigenvalue weighted by Crippen LogP contribution is 2.25. The monoisotopic (exact) mass is 470 g/mol. The van der Waals surface area contributed by atoms with Gasteiger partial charge in [-0.15, -0.1) is 11.8 Å². The van der Waals surface area contributed by atoms with Crippen molar-refractivity contribution in [2.24, 2.45) is 0 Å². The van der Waals surface area contributed by atoms with Crippen LogP contribution in [0.5, 0.6) is 0 Å². The number of hydrogen-bond acceptors (Lipinski definition) is 3. The van der Waals surface area contributed by atoms with Crippen molar-refractivity contribution in [1.82, 2.24) is 10.2 Å². The maximum Gasteiger partial charge on any atom is 0.242 e. The lowest BCUT2D eigenvalue weighted by Crippen LogP contribution is -2.48. The van der Waals surface area contributed by atoms with Gasteiger partial charge in [0.15, 0.2) is 0 Å². The van der Waals surface area contributed by atoms with Gasteiger partial charge in [0.1, 0.15) is 11.9 Å². The van der Waals surface area contributed by atoms with Crippen LogP contribution in [0.2, 0.25) is 10.0 Å². The summed E-state index contributed by atoms with van der Waals surface area (Å²) in [5.74, 6) is 0.0730. The van der Waals surface area contributed by atoms with E-state index < -0.39 is 6.04 Å². The summed E-state index contributed by atoms with van der Waals surface area (Å²) in [4.78, 5) is 26.9. The van der Waals surface area contributed by atoms with Crippen LogP contribution >= 0.6 is 35.0 Å². The zero-order chi connectivity index (χ0) is 22.1. The molecule has 0 heterocycles. The van der Waals surface area contributed by atoms with Crippen LogP contribution in [0.4, 0.5) is 4.39 Å². The zero-order valence-electron chi connectivity index (χ0n) is 17.0. The van der Waals surface area contributed by atoms with Gasteiger partial charge in [-0.25, -0.2) is 4.39 Å². The molecule has 0 saturated heterocycles. The maximum atomic E-state index is 13.2.